The molecule has 76 valence electrons. The largest absolute Gasteiger partial charge is 0.316 e. The molecule has 2 fully saturated rings. The van der Waals surface area contributed by atoms with E-state index in [4.69, 9.17) is 0 Å². The Morgan fingerprint density at radius 2 is 2.08 bits per heavy atom. The van der Waals surface area contributed by atoms with Gasteiger partial charge < -0.3 is 10.6 Å². The zero-order chi connectivity index (χ0) is 9.47. The molecule has 2 rings (SSSR count). The van der Waals surface area contributed by atoms with E-state index in [0.29, 0.717) is 5.41 Å². The molecule has 1 saturated heterocycles. The summed E-state index contributed by atoms with van der Waals surface area (Å²) in [6.07, 6.45) is 1.36. The number of hydrogen-bond donors (Lipinski definition) is 2. The molecule has 2 unspecified atom stereocenters. The summed E-state index contributed by atoms with van der Waals surface area (Å²) in [5.41, 5.74) is 0.581. The van der Waals surface area contributed by atoms with E-state index in [2.05, 4.69) is 31.4 Å². The molecule has 2 nitrogen and oxygen atoms in total. The molecule has 0 aromatic heterocycles. The van der Waals surface area contributed by atoms with Gasteiger partial charge in [-0.05, 0) is 43.3 Å². The maximum absolute atomic E-state index is 3.67. The van der Waals surface area contributed by atoms with Crippen molar-refractivity contribution in [3.63, 3.8) is 0 Å². The van der Waals surface area contributed by atoms with Gasteiger partial charge in [0.15, 0.2) is 0 Å². The minimum absolute atomic E-state index is 0.581. The van der Waals surface area contributed by atoms with Crippen LogP contribution in [0.2, 0.25) is 0 Å². The fraction of sp³-hybridized carbons (Fsp3) is 1.00. The van der Waals surface area contributed by atoms with E-state index in [1.807, 2.05) is 0 Å². The second-order valence-corrected chi connectivity index (χ2v) is 5.55. The summed E-state index contributed by atoms with van der Waals surface area (Å²) in [5.74, 6) is 1.77. The van der Waals surface area contributed by atoms with Crippen molar-refractivity contribution in [2.75, 3.05) is 19.6 Å². The molecule has 2 atom stereocenters. The highest BCUT2D eigenvalue weighted by atomic mass is 15.0. The van der Waals surface area contributed by atoms with E-state index >= 15 is 0 Å². The summed E-state index contributed by atoms with van der Waals surface area (Å²) in [4.78, 5) is 0. The smallest absolute Gasteiger partial charge is 0.0125 e. The van der Waals surface area contributed by atoms with Gasteiger partial charge in [-0.15, -0.1) is 0 Å². The SMILES string of the molecule is CC(CNC1CC1(C)C)C1CNC1. The number of rotatable bonds is 4. The lowest BCUT2D eigenvalue weighted by atomic mass is 9.89. The molecule has 1 saturated carbocycles. The van der Waals surface area contributed by atoms with E-state index in [1.54, 1.807) is 0 Å². The standard InChI is InChI=1S/C11H22N2/c1-8(9-6-12-7-9)5-13-10-4-11(10,2)3/h8-10,12-13H,4-7H2,1-3H3. The summed E-state index contributed by atoms with van der Waals surface area (Å²) in [6.45, 7) is 10.7. The Bertz CT molecular complexity index is 185. The van der Waals surface area contributed by atoms with Crippen molar-refractivity contribution < 1.29 is 0 Å². The molecular formula is C11H22N2. The van der Waals surface area contributed by atoms with Crippen LogP contribution in [0.25, 0.3) is 0 Å². The van der Waals surface area contributed by atoms with Gasteiger partial charge in [-0.2, -0.15) is 0 Å². The lowest BCUT2D eigenvalue weighted by molar-refractivity contribution is 0.240. The molecule has 0 aromatic rings. The van der Waals surface area contributed by atoms with Gasteiger partial charge in [0.1, 0.15) is 0 Å². The molecule has 2 N–H and O–H groups in total. The fourth-order valence-electron chi connectivity index (χ4n) is 2.02. The Labute approximate surface area is 81.5 Å². The molecule has 1 aliphatic carbocycles. The van der Waals surface area contributed by atoms with Crippen molar-refractivity contribution >= 4 is 0 Å². The minimum atomic E-state index is 0.581. The van der Waals surface area contributed by atoms with Gasteiger partial charge >= 0.3 is 0 Å². The molecular weight excluding hydrogens is 160 g/mol. The third kappa shape index (κ3) is 2.05. The van der Waals surface area contributed by atoms with Gasteiger partial charge in [-0.25, -0.2) is 0 Å². The van der Waals surface area contributed by atoms with Gasteiger partial charge in [0.2, 0.25) is 0 Å². The van der Waals surface area contributed by atoms with E-state index in [-0.39, 0.29) is 0 Å². The predicted octanol–water partition coefficient (Wildman–Crippen LogP) is 1.23. The molecule has 0 spiro atoms. The van der Waals surface area contributed by atoms with Crippen molar-refractivity contribution in [3.05, 3.63) is 0 Å². The lowest BCUT2D eigenvalue weighted by Crippen LogP contribution is -2.48. The first-order valence-corrected chi connectivity index (χ1v) is 5.54. The molecule has 0 amide bonds. The number of hydrogen-bond acceptors (Lipinski definition) is 2. The molecule has 2 aliphatic rings. The first kappa shape index (κ1) is 9.47. The van der Waals surface area contributed by atoms with Gasteiger partial charge in [-0.1, -0.05) is 20.8 Å². The Balaban J connectivity index is 1.62. The third-order valence-electron chi connectivity index (χ3n) is 3.82. The summed E-state index contributed by atoms with van der Waals surface area (Å²) in [6, 6.07) is 0.794. The van der Waals surface area contributed by atoms with Crippen LogP contribution in [-0.2, 0) is 0 Å². The average Bonchev–Trinajstić information content (AvgIpc) is 2.51. The first-order chi connectivity index (χ1) is 6.09. The van der Waals surface area contributed by atoms with Crippen LogP contribution in [0.5, 0.6) is 0 Å². The van der Waals surface area contributed by atoms with Gasteiger partial charge in [0.25, 0.3) is 0 Å². The topological polar surface area (TPSA) is 24.1 Å². The normalized spacial score (nSPS) is 33.9. The van der Waals surface area contributed by atoms with Crippen LogP contribution >= 0.6 is 0 Å². The second kappa shape index (κ2) is 3.25. The first-order valence-electron chi connectivity index (χ1n) is 5.54. The van der Waals surface area contributed by atoms with Gasteiger partial charge in [-0.3, -0.25) is 0 Å². The predicted molar refractivity (Wildman–Crippen MR) is 55.7 cm³/mol. The molecule has 1 heterocycles. The Morgan fingerprint density at radius 1 is 1.46 bits per heavy atom. The van der Waals surface area contributed by atoms with Crippen LogP contribution in [0.15, 0.2) is 0 Å². The van der Waals surface area contributed by atoms with Crippen LogP contribution in [0.4, 0.5) is 0 Å². The maximum atomic E-state index is 3.67. The Morgan fingerprint density at radius 3 is 2.46 bits per heavy atom. The molecule has 1 aliphatic heterocycles. The summed E-state index contributed by atoms with van der Waals surface area (Å²) in [7, 11) is 0. The molecule has 0 radical (unpaired) electrons. The van der Waals surface area contributed by atoms with E-state index < -0.39 is 0 Å². The van der Waals surface area contributed by atoms with Gasteiger partial charge in [0.05, 0.1) is 0 Å². The zero-order valence-electron chi connectivity index (χ0n) is 9.06. The highest BCUT2D eigenvalue weighted by Crippen LogP contribution is 2.44. The maximum Gasteiger partial charge on any atom is 0.0125 e. The Kier molecular flexibility index (Phi) is 2.37. The van der Waals surface area contributed by atoms with Crippen LogP contribution in [-0.4, -0.2) is 25.7 Å². The third-order valence-corrected chi connectivity index (χ3v) is 3.82. The van der Waals surface area contributed by atoms with E-state index in [9.17, 15) is 0 Å². The summed E-state index contributed by atoms with van der Waals surface area (Å²) >= 11 is 0. The van der Waals surface area contributed by atoms with Crippen molar-refractivity contribution in [2.45, 2.75) is 33.2 Å². The molecule has 2 heteroatoms. The van der Waals surface area contributed by atoms with Crippen molar-refractivity contribution in [3.8, 4) is 0 Å². The lowest BCUT2D eigenvalue weighted by Gasteiger charge is -2.32. The van der Waals surface area contributed by atoms with Crippen LogP contribution in [0, 0.1) is 17.3 Å². The monoisotopic (exact) mass is 182 g/mol. The zero-order valence-corrected chi connectivity index (χ0v) is 9.06. The molecule has 0 aromatic carbocycles. The van der Waals surface area contributed by atoms with Crippen LogP contribution < -0.4 is 10.6 Å². The Hall–Kier alpha value is -0.0800. The average molecular weight is 182 g/mol. The highest BCUT2D eigenvalue weighted by Gasteiger charge is 2.45. The highest BCUT2D eigenvalue weighted by molar-refractivity contribution is 5.01. The quantitative estimate of drug-likeness (QED) is 0.683. The summed E-state index contributed by atoms with van der Waals surface area (Å²) < 4.78 is 0. The summed E-state index contributed by atoms with van der Waals surface area (Å²) in [5, 5.41) is 7.00. The van der Waals surface area contributed by atoms with E-state index in [1.165, 1.54) is 26.1 Å². The van der Waals surface area contributed by atoms with Crippen molar-refractivity contribution in [2.24, 2.45) is 17.3 Å². The van der Waals surface area contributed by atoms with Crippen LogP contribution in [0.3, 0.4) is 0 Å². The second-order valence-electron chi connectivity index (χ2n) is 5.55. The van der Waals surface area contributed by atoms with Crippen molar-refractivity contribution in [1.82, 2.24) is 10.6 Å². The van der Waals surface area contributed by atoms with Crippen molar-refractivity contribution in [1.29, 1.82) is 0 Å². The minimum Gasteiger partial charge on any atom is -0.316 e. The number of nitrogens with one attached hydrogen (secondary N) is 2. The molecule has 13 heavy (non-hydrogen) atoms. The van der Waals surface area contributed by atoms with Gasteiger partial charge in [0, 0.05) is 6.04 Å². The molecule has 0 bridgehead atoms. The van der Waals surface area contributed by atoms with Crippen LogP contribution in [0.1, 0.15) is 27.2 Å². The van der Waals surface area contributed by atoms with E-state index in [0.717, 1.165) is 17.9 Å². The fourth-order valence-corrected chi connectivity index (χ4v) is 2.02.